The van der Waals surface area contributed by atoms with Gasteiger partial charge in [0.05, 0.1) is 29.1 Å². The van der Waals surface area contributed by atoms with Crippen LogP contribution in [0.25, 0.3) is 0 Å². The van der Waals surface area contributed by atoms with Crippen LogP contribution in [0.1, 0.15) is 38.2 Å². The molecule has 27 heavy (non-hydrogen) atoms. The fraction of sp³-hybridized carbons (Fsp3) is 0.611. The summed E-state index contributed by atoms with van der Waals surface area (Å²) in [6.07, 6.45) is -2.47. The van der Waals surface area contributed by atoms with Crippen LogP contribution in [0.4, 0.5) is 24.5 Å². The van der Waals surface area contributed by atoms with Gasteiger partial charge in [0.1, 0.15) is 5.75 Å². The van der Waals surface area contributed by atoms with E-state index in [1.165, 1.54) is 6.07 Å². The second-order valence-electron chi connectivity index (χ2n) is 7.44. The SMILES string of the molecule is CC1(O)CC(Nc2c(NC(=O)C3CC3)cc(OCCBr)cc2C(F)(F)F)C1. The fourth-order valence-corrected chi connectivity index (χ4v) is 3.38. The van der Waals surface area contributed by atoms with E-state index in [1.54, 1.807) is 6.92 Å². The molecule has 2 saturated carbocycles. The van der Waals surface area contributed by atoms with Crippen molar-refractivity contribution >= 4 is 33.2 Å². The molecule has 5 nitrogen and oxygen atoms in total. The highest BCUT2D eigenvalue weighted by Gasteiger charge is 2.42. The second-order valence-corrected chi connectivity index (χ2v) is 8.23. The van der Waals surface area contributed by atoms with E-state index in [1.807, 2.05) is 0 Å². The molecule has 3 rings (SSSR count). The molecule has 1 aromatic carbocycles. The zero-order chi connectivity index (χ0) is 19.8. The Morgan fingerprint density at radius 3 is 2.56 bits per heavy atom. The van der Waals surface area contributed by atoms with Gasteiger partial charge < -0.3 is 20.5 Å². The van der Waals surface area contributed by atoms with Crippen LogP contribution in [0.5, 0.6) is 5.75 Å². The summed E-state index contributed by atoms with van der Waals surface area (Å²) in [4.78, 5) is 12.2. The quantitative estimate of drug-likeness (QED) is 0.545. The van der Waals surface area contributed by atoms with E-state index in [0.717, 1.165) is 18.9 Å². The van der Waals surface area contributed by atoms with Crippen molar-refractivity contribution in [2.45, 2.75) is 50.4 Å². The number of anilines is 2. The average molecular weight is 451 g/mol. The first-order chi connectivity index (χ1) is 12.6. The summed E-state index contributed by atoms with van der Waals surface area (Å²) < 4.78 is 46.4. The molecule has 3 N–H and O–H groups in total. The maximum absolute atomic E-state index is 13.7. The van der Waals surface area contributed by atoms with E-state index in [9.17, 15) is 23.1 Å². The van der Waals surface area contributed by atoms with E-state index >= 15 is 0 Å². The van der Waals surface area contributed by atoms with Gasteiger partial charge in [-0.1, -0.05) is 15.9 Å². The van der Waals surface area contributed by atoms with Gasteiger partial charge in [0.25, 0.3) is 0 Å². The summed E-state index contributed by atoms with van der Waals surface area (Å²) in [6, 6.07) is 2.05. The highest BCUT2D eigenvalue weighted by Crippen LogP contribution is 2.45. The van der Waals surface area contributed by atoms with Crippen molar-refractivity contribution < 1.29 is 27.8 Å². The van der Waals surface area contributed by atoms with Gasteiger partial charge in [-0.15, -0.1) is 0 Å². The lowest BCUT2D eigenvalue weighted by atomic mass is 9.77. The van der Waals surface area contributed by atoms with Crippen LogP contribution in [-0.2, 0) is 11.0 Å². The van der Waals surface area contributed by atoms with E-state index < -0.39 is 17.3 Å². The van der Waals surface area contributed by atoms with Crippen molar-refractivity contribution in [1.82, 2.24) is 0 Å². The lowest BCUT2D eigenvalue weighted by Crippen LogP contribution is -2.48. The van der Waals surface area contributed by atoms with E-state index in [4.69, 9.17) is 4.74 Å². The van der Waals surface area contributed by atoms with Gasteiger partial charge in [-0.3, -0.25) is 4.79 Å². The Balaban J connectivity index is 1.95. The molecule has 2 aliphatic carbocycles. The molecule has 2 fully saturated rings. The predicted molar refractivity (Wildman–Crippen MR) is 99.4 cm³/mol. The highest BCUT2D eigenvalue weighted by atomic mass is 79.9. The van der Waals surface area contributed by atoms with Gasteiger partial charge in [0.2, 0.25) is 5.91 Å². The summed E-state index contributed by atoms with van der Waals surface area (Å²) in [6.45, 7) is 1.84. The molecule has 1 amide bonds. The minimum Gasteiger partial charge on any atom is -0.493 e. The molecule has 0 aromatic heterocycles. The number of rotatable bonds is 7. The zero-order valence-corrected chi connectivity index (χ0v) is 16.4. The van der Waals surface area contributed by atoms with Crippen LogP contribution in [-0.4, -0.2) is 34.6 Å². The lowest BCUT2D eigenvalue weighted by Gasteiger charge is -2.42. The number of carbonyl (C=O) groups is 1. The summed E-state index contributed by atoms with van der Waals surface area (Å²) >= 11 is 3.17. The van der Waals surface area contributed by atoms with Crippen molar-refractivity contribution in [3.05, 3.63) is 17.7 Å². The van der Waals surface area contributed by atoms with Gasteiger partial charge in [-0.05, 0) is 38.7 Å². The Kier molecular flexibility index (Phi) is 5.63. The molecule has 0 radical (unpaired) electrons. The lowest BCUT2D eigenvalue weighted by molar-refractivity contribution is -0.137. The third kappa shape index (κ3) is 5.07. The number of hydrogen-bond donors (Lipinski definition) is 3. The van der Waals surface area contributed by atoms with Crippen LogP contribution in [0, 0.1) is 5.92 Å². The van der Waals surface area contributed by atoms with E-state index in [2.05, 4.69) is 26.6 Å². The number of carbonyl (C=O) groups excluding carboxylic acids is 1. The number of ether oxygens (including phenoxy) is 1. The van der Waals surface area contributed by atoms with Gasteiger partial charge >= 0.3 is 6.18 Å². The van der Waals surface area contributed by atoms with Crippen LogP contribution < -0.4 is 15.4 Å². The molecule has 9 heteroatoms. The number of benzene rings is 1. The first-order valence-electron chi connectivity index (χ1n) is 8.83. The third-order valence-electron chi connectivity index (χ3n) is 4.69. The molecule has 2 aliphatic rings. The monoisotopic (exact) mass is 450 g/mol. The Morgan fingerprint density at radius 1 is 1.37 bits per heavy atom. The molecule has 0 aliphatic heterocycles. The van der Waals surface area contributed by atoms with Gasteiger partial charge in [0.15, 0.2) is 0 Å². The zero-order valence-electron chi connectivity index (χ0n) is 14.8. The van der Waals surface area contributed by atoms with Gasteiger partial charge in [0, 0.05) is 23.4 Å². The average Bonchev–Trinajstić information content (AvgIpc) is 3.36. The van der Waals surface area contributed by atoms with Crippen molar-refractivity contribution in [2.75, 3.05) is 22.6 Å². The largest absolute Gasteiger partial charge is 0.493 e. The van der Waals surface area contributed by atoms with Gasteiger partial charge in [-0.25, -0.2) is 0 Å². The standard InChI is InChI=1S/C18H22BrF3N2O3/c1-17(26)8-11(9-17)23-15-13(18(20,21)22)6-12(27-5-4-19)7-14(15)24-16(25)10-2-3-10/h6-7,10-11,23,26H,2-5,8-9H2,1H3,(H,24,25). The minimum atomic E-state index is -4.62. The predicted octanol–water partition coefficient (Wildman–Crippen LogP) is 4.15. The first-order valence-corrected chi connectivity index (χ1v) is 9.95. The van der Waals surface area contributed by atoms with Crippen molar-refractivity contribution in [1.29, 1.82) is 0 Å². The van der Waals surface area contributed by atoms with Crippen LogP contribution in [0.2, 0.25) is 0 Å². The van der Waals surface area contributed by atoms with Crippen LogP contribution in [0.3, 0.4) is 0 Å². The maximum atomic E-state index is 13.7. The molecule has 0 bridgehead atoms. The number of alkyl halides is 4. The number of amides is 1. The van der Waals surface area contributed by atoms with Crippen molar-refractivity contribution in [3.63, 3.8) is 0 Å². The Bertz CT molecular complexity index is 713. The normalized spacial score (nSPS) is 24.9. The Hall–Kier alpha value is -1.48. The highest BCUT2D eigenvalue weighted by molar-refractivity contribution is 9.09. The minimum absolute atomic E-state index is 0.0408. The smallest absolute Gasteiger partial charge is 0.418 e. The van der Waals surface area contributed by atoms with E-state index in [-0.39, 0.29) is 41.6 Å². The third-order valence-corrected chi connectivity index (χ3v) is 5.01. The topological polar surface area (TPSA) is 70.6 Å². The number of halogens is 4. The number of hydrogen-bond acceptors (Lipinski definition) is 4. The fourth-order valence-electron chi connectivity index (χ4n) is 3.22. The summed E-state index contributed by atoms with van der Waals surface area (Å²) in [5.41, 5.74) is -1.90. The molecule has 150 valence electrons. The molecular weight excluding hydrogens is 429 g/mol. The summed E-state index contributed by atoms with van der Waals surface area (Å²) in [5.74, 6) is -0.396. The summed E-state index contributed by atoms with van der Waals surface area (Å²) in [7, 11) is 0. The van der Waals surface area contributed by atoms with Crippen LogP contribution in [0.15, 0.2) is 12.1 Å². The Morgan fingerprint density at radius 2 is 2.04 bits per heavy atom. The molecule has 0 atom stereocenters. The van der Waals surface area contributed by atoms with E-state index in [0.29, 0.717) is 18.2 Å². The molecule has 0 spiro atoms. The Labute approximate surface area is 163 Å². The van der Waals surface area contributed by atoms with Crippen molar-refractivity contribution in [2.24, 2.45) is 5.92 Å². The first kappa shape index (κ1) is 20.3. The molecule has 0 heterocycles. The molecule has 0 saturated heterocycles. The van der Waals surface area contributed by atoms with Gasteiger partial charge in [-0.2, -0.15) is 13.2 Å². The van der Waals surface area contributed by atoms with Crippen molar-refractivity contribution in [3.8, 4) is 5.75 Å². The molecular formula is C18H22BrF3N2O3. The molecule has 1 aromatic rings. The second kappa shape index (κ2) is 7.50. The number of aliphatic hydroxyl groups is 1. The van der Waals surface area contributed by atoms with Crippen LogP contribution >= 0.6 is 15.9 Å². The summed E-state index contributed by atoms with van der Waals surface area (Å²) in [5, 5.41) is 15.8. The maximum Gasteiger partial charge on any atom is 0.418 e. The molecule has 0 unspecified atom stereocenters. The number of nitrogens with one attached hydrogen (secondary N) is 2.